The Balaban J connectivity index is 2.56. The molecule has 0 aliphatic heterocycles. The van der Waals surface area contributed by atoms with Crippen LogP contribution in [0.1, 0.15) is 13.3 Å². The van der Waals surface area contributed by atoms with Crippen molar-refractivity contribution in [1.29, 1.82) is 0 Å². The fourth-order valence-electron chi connectivity index (χ4n) is 0.311. The van der Waals surface area contributed by atoms with Gasteiger partial charge in [0.25, 0.3) is 0 Å². The van der Waals surface area contributed by atoms with Gasteiger partial charge in [-0.2, -0.15) is 0 Å². The minimum Gasteiger partial charge on any atom is -0.309 e. The zero-order valence-corrected chi connectivity index (χ0v) is 4.78. The van der Waals surface area contributed by atoms with Crippen LogP contribution in [0.15, 0.2) is 12.7 Å². The average Bonchev–Trinajstić information content (AvgIpc) is 1.69. The Morgan fingerprint density at radius 1 is 1.71 bits per heavy atom. The van der Waals surface area contributed by atoms with Crippen LogP contribution in [0.3, 0.4) is 0 Å². The lowest BCUT2D eigenvalue weighted by Crippen LogP contribution is -2.07. The molecule has 1 radical (unpaired) electrons. The summed E-state index contributed by atoms with van der Waals surface area (Å²) in [6.45, 7) is 8.54. The van der Waals surface area contributed by atoms with Gasteiger partial charge in [-0.15, -0.1) is 6.58 Å². The molecule has 0 saturated heterocycles. The summed E-state index contributed by atoms with van der Waals surface area (Å²) < 4.78 is 0. The molecule has 0 saturated carbocycles. The van der Waals surface area contributed by atoms with Crippen molar-refractivity contribution in [1.82, 2.24) is 5.32 Å². The molecule has 0 aliphatic rings. The van der Waals surface area contributed by atoms with Gasteiger partial charge in [-0.3, -0.25) is 0 Å². The van der Waals surface area contributed by atoms with E-state index < -0.39 is 0 Å². The monoisotopic (exact) mass is 98.1 g/mol. The molecule has 0 atom stereocenters. The average molecular weight is 98.2 g/mol. The van der Waals surface area contributed by atoms with E-state index in [0.29, 0.717) is 0 Å². The van der Waals surface area contributed by atoms with E-state index in [0.717, 1.165) is 13.0 Å². The number of hydrogen-bond acceptors (Lipinski definition) is 1. The minimum atomic E-state index is 0.883. The van der Waals surface area contributed by atoms with Crippen molar-refractivity contribution in [2.24, 2.45) is 0 Å². The molecule has 0 spiro atoms. The molecule has 0 rings (SSSR count). The number of nitrogens with one attached hydrogen (secondary N) is 1. The van der Waals surface area contributed by atoms with Crippen molar-refractivity contribution < 1.29 is 0 Å². The molecule has 0 amide bonds. The van der Waals surface area contributed by atoms with Crippen LogP contribution in [-0.2, 0) is 0 Å². The standard InChI is InChI=1S/C6H12N/c1-3-5-7-6-4-2/h3,6-7H,1,4-5H2,2H3. The molecule has 0 aromatic carbocycles. The second-order valence-corrected chi connectivity index (χ2v) is 1.31. The molecule has 0 fully saturated rings. The van der Waals surface area contributed by atoms with Gasteiger partial charge in [-0.1, -0.05) is 13.0 Å². The van der Waals surface area contributed by atoms with E-state index in [9.17, 15) is 0 Å². The van der Waals surface area contributed by atoms with Crippen molar-refractivity contribution in [3.8, 4) is 0 Å². The van der Waals surface area contributed by atoms with Gasteiger partial charge in [0.15, 0.2) is 0 Å². The Morgan fingerprint density at radius 3 is 2.86 bits per heavy atom. The van der Waals surface area contributed by atoms with Crippen molar-refractivity contribution in [2.75, 3.05) is 6.54 Å². The van der Waals surface area contributed by atoms with Gasteiger partial charge in [-0.05, 0) is 6.42 Å². The summed E-state index contributed by atoms with van der Waals surface area (Å²) in [4.78, 5) is 0. The molecule has 1 heteroatoms. The van der Waals surface area contributed by atoms with Crippen LogP contribution in [0, 0.1) is 6.54 Å². The lowest BCUT2D eigenvalue weighted by atomic mass is 10.5. The molecule has 1 N–H and O–H groups in total. The van der Waals surface area contributed by atoms with Crippen molar-refractivity contribution in [2.45, 2.75) is 13.3 Å². The first-order valence-corrected chi connectivity index (χ1v) is 2.57. The quantitative estimate of drug-likeness (QED) is 0.413. The molecule has 0 bridgehead atoms. The van der Waals surface area contributed by atoms with Gasteiger partial charge in [-0.25, -0.2) is 0 Å². The maximum absolute atomic E-state index is 3.55. The van der Waals surface area contributed by atoms with Gasteiger partial charge >= 0.3 is 0 Å². The molecule has 41 valence electrons. The summed E-state index contributed by atoms with van der Waals surface area (Å²) in [7, 11) is 0. The Labute approximate surface area is 45.4 Å². The van der Waals surface area contributed by atoms with Crippen LogP contribution in [0.25, 0.3) is 0 Å². The lowest BCUT2D eigenvalue weighted by Gasteiger charge is -1.92. The Kier molecular flexibility index (Phi) is 5.46. The third-order valence-electron chi connectivity index (χ3n) is 0.611. The highest BCUT2D eigenvalue weighted by atomic mass is 14.8. The maximum Gasteiger partial charge on any atom is 0.0221 e. The second-order valence-electron chi connectivity index (χ2n) is 1.31. The summed E-state index contributed by atoms with van der Waals surface area (Å²) in [5.41, 5.74) is 0. The molecular weight excluding hydrogens is 86.1 g/mol. The van der Waals surface area contributed by atoms with Crippen molar-refractivity contribution in [3.63, 3.8) is 0 Å². The van der Waals surface area contributed by atoms with E-state index in [-0.39, 0.29) is 0 Å². The lowest BCUT2D eigenvalue weighted by molar-refractivity contribution is 0.835. The van der Waals surface area contributed by atoms with Gasteiger partial charge in [0.05, 0.1) is 0 Å². The molecule has 0 unspecified atom stereocenters. The first-order valence-electron chi connectivity index (χ1n) is 2.57. The topological polar surface area (TPSA) is 12.0 Å². The highest BCUT2D eigenvalue weighted by molar-refractivity contribution is 4.72. The maximum atomic E-state index is 3.55. The molecule has 0 aliphatic carbocycles. The first kappa shape index (κ1) is 6.70. The van der Waals surface area contributed by atoms with Crippen LogP contribution in [-0.4, -0.2) is 6.54 Å². The summed E-state index contributed by atoms with van der Waals surface area (Å²) in [5.74, 6) is 0. The smallest absolute Gasteiger partial charge is 0.0221 e. The summed E-state index contributed by atoms with van der Waals surface area (Å²) in [6, 6.07) is 0. The predicted molar refractivity (Wildman–Crippen MR) is 32.8 cm³/mol. The van der Waals surface area contributed by atoms with E-state index >= 15 is 0 Å². The molecular formula is C6H12N. The van der Waals surface area contributed by atoms with Crippen LogP contribution in [0.5, 0.6) is 0 Å². The summed E-state index contributed by atoms with van der Waals surface area (Å²) in [5, 5.41) is 3.04. The van der Waals surface area contributed by atoms with Crippen molar-refractivity contribution >= 4 is 0 Å². The molecule has 7 heavy (non-hydrogen) atoms. The van der Waals surface area contributed by atoms with Crippen molar-refractivity contribution in [3.05, 3.63) is 19.2 Å². The SMILES string of the molecule is C=CCN[CH]CC. The van der Waals surface area contributed by atoms with Gasteiger partial charge in [0.1, 0.15) is 0 Å². The molecule has 1 nitrogen and oxygen atoms in total. The predicted octanol–water partition coefficient (Wildman–Crippen LogP) is 1.33. The molecule has 0 heterocycles. The van der Waals surface area contributed by atoms with E-state index in [1.54, 1.807) is 0 Å². The highest BCUT2D eigenvalue weighted by Crippen LogP contribution is 1.74. The highest BCUT2D eigenvalue weighted by Gasteiger charge is 1.74. The summed E-state index contributed by atoms with van der Waals surface area (Å²) >= 11 is 0. The zero-order chi connectivity index (χ0) is 5.54. The van der Waals surface area contributed by atoms with Crippen LogP contribution >= 0.6 is 0 Å². The third-order valence-corrected chi connectivity index (χ3v) is 0.611. The van der Waals surface area contributed by atoms with E-state index in [1.165, 1.54) is 0 Å². The van der Waals surface area contributed by atoms with Crippen LogP contribution in [0.2, 0.25) is 0 Å². The fraction of sp³-hybridized carbons (Fsp3) is 0.500. The third kappa shape index (κ3) is 5.70. The van der Waals surface area contributed by atoms with Gasteiger partial charge in [0, 0.05) is 13.1 Å². The van der Waals surface area contributed by atoms with Gasteiger partial charge in [0.2, 0.25) is 0 Å². The Bertz CT molecular complexity index is 41.4. The van der Waals surface area contributed by atoms with Crippen LogP contribution in [0.4, 0.5) is 0 Å². The second kappa shape index (κ2) is 5.70. The molecule has 0 aromatic rings. The molecule has 0 aromatic heterocycles. The van der Waals surface area contributed by atoms with E-state index in [2.05, 4.69) is 18.8 Å². The number of hydrogen-bond donors (Lipinski definition) is 1. The Morgan fingerprint density at radius 2 is 2.43 bits per heavy atom. The fourth-order valence-corrected chi connectivity index (χ4v) is 0.311. The Hall–Kier alpha value is -0.300. The van der Waals surface area contributed by atoms with Crippen LogP contribution < -0.4 is 5.32 Å². The largest absolute Gasteiger partial charge is 0.309 e. The number of rotatable bonds is 4. The van der Waals surface area contributed by atoms with E-state index in [1.807, 2.05) is 12.6 Å². The zero-order valence-electron chi connectivity index (χ0n) is 4.78. The minimum absolute atomic E-state index is 0.883. The normalized spacial score (nSPS) is 8.71. The van der Waals surface area contributed by atoms with Gasteiger partial charge < -0.3 is 5.32 Å². The summed E-state index contributed by atoms with van der Waals surface area (Å²) in [6.07, 6.45) is 2.92. The first-order chi connectivity index (χ1) is 3.41. The van der Waals surface area contributed by atoms with E-state index in [4.69, 9.17) is 0 Å².